The van der Waals surface area contributed by atoms with E-state index < -0.39 is 52.4 Å². The summed E-state index contributed by atoms with van der Waals surface area (Å²) in [6.07, 6.45) is 41.6. The van der Waals surface area contributed by atoms with E-state index in [4.69, 9.17) is 13.7 Å². The van der Waals surface area contributed by atoms with Gasteiger partial charge in [0.25, 0.3) is 30.4 Å². The molecule has 6 aromatic rings. The monoisotopic (exact) mass is 1640 g/mol. The highest BCUT2D eigenvalue weighted by Crippen LogP contribution is 2.53. The van der Waals surface area contributed by atoms with E-state index in [0.29, 0.717) is 106 Å². The second-order valence-corrected chi connectivity index (χ2v) is 41.4. The summed E-state index contributed by atoms with van der Waals surface area (Å²) in [6, 6.07) is 32.1. The molecule has 4 atom stereocenters. The van der Waals surface area contributed by atoms with E-state index in [0.717, 1.165) is 191 Å². The lowest BCUT2D eigenvalue weighted by Gasteiger charge is -2.39. The highest BCUT2D eigenvalue weighted by molar-refractivity contribution is 7.87. The van der Waals surface area contributed by atoms with Crippen LogP contribution in [0.2, 0.25) is 0 Å². The third-order valence-corrected chi connectivity index (χ3v) is 32.0. The fourth-order valence-corrected chi connectivity index (χ4v) is 25.6. The Kier molecular flexibility index (Phi) is 29.0. The molecular formula is C94H124O16S4. The number of aryl methyl sites for hydroxylation is 1. The molecule has 20 heteroatoms. The van der Waals surface area contributed by atoms with E-state index in [1.54, 1.807) is 69.3 Å². The predicted molar refractivity (Wildman–Crippen MR) is 447 cm³/mol. The molecule has 4 unspecified atom stereocenters. The minimum atomic E-state index is -4.75. The van der Waals surface area contributed by atoms with Crippen LogP contribution in [0.25, 0.3) is 0 Å². The van der Waals surface area contributed by atoms with Crippen molar-refractivity contribution in [2.24, 2.45) is 23.7 Å². The summed E-state index contributed by atoms with van der Waals surface area (Å²) in [4.78, 5) is 27.3. The summed E-state index contributed by atoms with van der Waals surface area (Å²) >= 11 is 0. The van der Waals surface area contributed by atoms with Crippen LogP contribution in [0.4, 0.5) is 0 Å². The van der Waals surface area contributed by atoms with Gasteiger partial charge >= 0.3 is 22.1 Å². The molecule has 0 amide bonds. The van der Waals surface area contributed by atoms with Crippen LogP contribution in [0, 0.1) is 30.6 Å². The van der Waals surface area contributed by atoms with Crippen molar-refractivity contribution in [1.29, 1.82) is 0 Å². The molecule has 0 radical (unpaired) electrons. The maximum Gasteiger partial charge on any atom is 0.343 e. The van der Waals surface area contributed by atoms with Gasteiger partial charge in [0.2, 0.25) is 0 Å². The average Bonchev–Trinajstić information content (AvgIpc) is 1.15. The summed E-state index contributed by atoms with van der Waals surface area (Å²) in [5, 5.41) is 0. The Hall–Kier alpha value is -6.26. The second kappa shape index (κ2) is 38.6. The summed E-state index contributed by atoms with van der Waals surface area (Å²) in [5.74, 6) is 1.29. The van der Waals surface area contributed by atoms with Gasteiger partial charge in [0, 0.05) is 0 Å². The van der Waals surface area contributed by atoms with E-state index in [1.165, 1.54) is 75.5 Å². The molecule has 0 spiro atoms. The van der Waals surface area contributed by atoms with Gasteiger partial charge in [0.15, 0.2) is 0 Å². The topological polar surface area (TPSA) is 259 Å². The molecule has 6 aromatic carbocycles. The first-order valence-corrected chi connectivity index (χ1v) is 49.6. The van der Waals surface area contributed by atoms with Gasteiger partial charge in [-0.15, -0.1) is 0 Å². The van der Waals surface area contributed by atoms with Crippen molar-refractivity contribution in [2.45, 2.75) is 351 Å². The number of rotatable bonds is 20. The SMILES string of the molecule is Cc1cc(S(=O)(=O)O)c(C(C)C)cc1OC(=O)c1ccc(C2CCCC(C3CCC(c4cc(OS(=O)(=O)c5ccc(C6CCCCCC(C7CCC(c8cc(OC(=O)c9ccc(C%10CCCCCCCCCCC%10)cc9)cc(C9CCCC9)c8S(=O)(=O)O)C7)CCCCC6)cc5)cc(C5CCCCC5)c4S(=O)(=O)O)CC3)C2)cc1. The molecule has 0 aromatic heterocycles. The molecule has 0 aliphatic heterocycles. The average molecular weight is 1640 g/mol. The molecule has 114 heavy (non-hydrogen) atoms. The van der Waals surface area contributed by atoms with Crippen molar-refractivity contribution in [2.75, 3.05) is 0 Å². The lowest BCUT2D eigenvalue weighted by molar-refractivity contribution is 0.0724. The molecule has 7 aliphatic carbocycles. The fourth-order valence-electron chi connectivity index (χ4n) is 21.6. The van der Waals surface area contributed by atoms with E-state index in [-0.39, 0.29) is 72.5 Å². The lowest BCUT2D eigenvalue weighted by Crippen LogP contribution is -2.26. The molecule has 7 saturated carbocycles. The molecule has 0 saturated heterocycles. The third-order valence-electron chi connectivity index (χ3n) is 27.8. The molecule has 3 N–H and O–H groups in total. The molecular weight excluding hydrogens is 1510 g/mol. The third kappa shape index (κ3) is 21.8. The zero-order valence-corrected chi connectivity index (χ0v) is 70.9. The number of ether oxygens (including phenoxy) is 2. The maximum absolute atomic E-state index is 14.6. The summed E-state index contributed by atoms with van der Waals surface area (Å²) in [6.45, 7) is 5.22. The first-order chi connectivity index (χ1) is 54.7. The molecule has 0 heterocycles. The minimum absolute atomic E-state index is 0.00934. The number of benzene rings is 6. The van der Waals surface area contributed by atoms with Gasteiger partial charge in [-0.25, -0.2) is 9.59 Å². The van der Waals surface area contributed by atoms with Crippen molar-refractivity contribution in [3.05, 3.63) is 170 Å². The molecule has 13 rings (SSSR count). The van der Waals surface area contributed by atoms with E-state index in [1.807, 2.05) is 36.4 Å². The summed E-state index contributed by atoms with van der Waals surface area (Å²) in [5.41, 5.74) is 7.06. The Bertz CT molecular complexity index is 4720. The number of hydrogen-bond donors (Lipinski definition) is 3. The van der Waals surface area contributed by atoms with Crippen LogP contribution in [0.1, 0.15) is 395 Å². The highest BCUT2D eigenvalue weighted by atomic mass is 32.2. The number of hydrogen-bond acceptors (Lipinski definition) is 13. The van der Waals surface area contributed by atoms with Crippen LogP contribution in [0.15, 0.2) is 129 Å². The fraction of sp³-hybridized carbons (Fsp3) is 0.596. The van der Waals surface area contributed by atoms with E-state index in [2.05, 4.69) is 12.1 Å². The molecule has 7 fully saturated rings. The normalized spacial score (nSPS) is 24.5. The van der Waals surface area contributed by atoms with Crippen LogP contribution in [-0.4, -0.2) is 59.3 Å². The number of carbonyl (C=O) groups is 2. The summed E-state index contributed by atoms with van der Waals surface area (Å²) in [7, 11) is -18.3. The summed E-state index contributed by atoms with van der Waals surface area (Å²) < 4.78 is 159. The highest BCUT2D eigenvalue weighted by Gasteiger charge is 2.40. The minimum Gasteiger partial charge on any atom is -0.423 e. The van der Waals surface area contributed by atoms with Gasteiger partial charge in [0.05, 0.1) is 16.0 Å². The van der Waals surface area contributed by atoms with Gasteiger partial charge in [-0.05, 0) is 310 Å². The first kappa shape index (κ1) is 85.6. The first-order valence-electron chi connectivity index (χ1n) is 43.8. The van der Waals surface area contributed by atoms with Gasteiger partial charge in [-0.1, -0.05) is 204 Å². The lowest BCUT2D eigenvalue weighted by atomic mass is 9.67. The van der Waals surface area contributed by atoms with E-state index in [9.17, 15) is 56.9 Å². The van der Waals surface area contributed by atoms with Crippen LogP contribution in [0.5, 0.6) is 17.2 Å². The van der Waals surface area contributed by atoms with Crippen LogP contribution >= 0.6 is 0 Å². The molecule has 7 aliphatic rings. The smallest absolute Gasteiger partial charge is 0.343 e. The Morgan fingerprint density at radius 2 is 0.684 bits per heavy atom. The van der Waals surface area contributed by atoms with Gasteiger partial charge in [0.1, 0.15) is 31.9 Å². The predicted octanol–water partition coefficient (Wildman–Crippen LogP) is 24.6. The van der Waals surface area contributed by atoms with Gasteiger partial charge in [-0.2, -0.15) is 33.7 Å². The van der Waals surface area contributed by atoms with Crippen LogP contribution in [-0.2, 0) is 40.5 Å². The van der Waals surface area contributed by atoms with Crippen molar-refractivity contribution in [3.63, 3.8) is 0 Å². The Morgan fingerprint density at radius 1 is 0.342 bits per heavy atom. The quantitative estimate of drug-likeness (QED) is 0.0278. The van der Waals surface area contributed by atoms with Crippen LogP contribution in [0.3, 0.4) is 0 Å². The van der Waals surface area contributed by atoms with Gasteiger partial charge < -0.3 is 13.7 Å². The molecule has 16 nitrogen and oxygen atoms in total. The number of carbonyl (C=O) groups excluding carboxylic acids is 2. The van der Waals surface area contributed by atoms with Gasteiger partial charge in [-0.3, -0.25) is 13.7 Å². The van der Waals surface area contributed by atoms with E-state index >= 15 is 0 Å². The zero-order valence-electron chi connectivity index (χ0n) is 67.6. The van der Waals surface area contributed by atoms with Crippen molar-refractivity contribution < 1.29 is 70.6 Å². The Labute approximate surface area is 680 Å². The molecule has 620 valence electrons. The Morgan fingerprint density at radius 3 is 1.16 bits per heavy atom. The van der Waals surface area contributed by atoms with Crippen molar-refractivity contribution in [3.8, 4) is 17.2 Å². The zero-order chi connectivity index (χ0) is 80.3. The largest absolute Gasteiger partial charge is 0.423 e. The maximum atomic E-state index is 14.6. The van der Waals surface area contributed by atoms with Crippen molar-refractivity contribution >= 4 is 52.4 Å². The second-order valence-electron chi connectivity index (χ2n) is 35.7. The number of esters is 2. The molecule has 0 bridgehead atoms. The van der Waals surface area contributed by atoms with Crippen LogP contribution < -0.4 is 13.7 Å². The standard InChI is InChI=1S/C94H124O16S4/c1-63(2)84-62-89(64(3)55-90(84)111(97,98)99)109-94(96)76-47-41-71(42-48-76)78-36-24-35-77(56-78)70-37-43-74(44-38-70)87-61-82(60-86(91(87)112(100,101)102)72-31-20-13-21-32-72)110-114(106,107)83-53-51-69(52-54-83)66-27-16-11-18-29-67(30-19-12-17-28-66)79-49-50-80(57-79)88-59-81(58-85(73-33-22-23-34-73)92(88)113(103,104)105)108-93(95)75-45-39-68(40-46-75)65-25-14-9-7-5-4-6-8-10-15-26-65/h39-42,45-48,51-55,58-63,65-67,70,72-74,77-80H,4-38,43-44,49-50,56-57H2,1-3H3,(H,97,98,99)(H,100,101,102)(H,103,104,105). The Balaban J connectivity index is 0.627. The van der Waals surface area contributed by atoms with Crippen molar-refractivity contribution in [1.82, 2.24) is 0 Å².